The van der Waals surface area contributed by atoms with Crippen LogP contribution in [0.4, 0.5) is 5.69 Å². The number of halogens is 2. The molecule has 0 radical (unpaired) electrons. The number of amides is 1. The van der Waals surface area contributed by atoms with Crippen molar-refractivity contribution in [3.63, 3.8) is 0 Å². The van der Waals surface area contributed by atoms with Crippen LogP contribution in [0.1, 0.15) is 23.4 Å². The molecule has 1 aliphatic heterocycles. The Hall–Kier alpha value is -2.78. The van der Waals surface area contributed by atoms with Crippen molar-refractivity contribution in [2.24, 2.45) is 4.99 Å². The molecule has 0 bridgehead atoms. The third kappa shape index (κ3) is 4.46. The van der Waals surface area contributed by atoms with Crippen molar-refractivity contribution >= 4 is 67.9 Å². The number of allylic oxidation sites excluding steroid dienone is 1. The lowest BCUT2D eigenvalue weighted by molar-refractivity contribution is -0.113. The Kier molecular flexibility index (Phi) is 6.40. The second kappa shape index (κ2) is 9.46. The summed E-state index contributed by atoms with van der Waals surface area (Å²) in [6, 6.07) is 19.7. The van der Waals surface area contributed by atoms with E-state index in [2.05, 4.69) is 26.2 Å². The Morgan fingerprint density at radius 1 is 1.09 bits per heavy atom. The van der Waals surface area contributed by atoms with E-state index in [-0.39, 0.29) is 11.5 Å². The molecule has 0 aliphatic carbocycles. The van der Waals surface area contributed by atoms with Gasteiger partial charge in [-0.25, -0.2) is 4.99 Å². The largest absolute Gasteiger partial charge is 0.322 e. The van der Waals surface area contributed by atoms with E-state index in [1.54, 1.807) is 35.0 Å². The first-order valence-electron chi connectivity index (χ1n) is 10.3. The van der Waals surface area contributed by atoms with Crippen LogP contribution >= 0.6 is 50.2 Å². The fourth-order valence-corrected chi connectivity index (χ4v) is 6.43. The number of hydrogen-bond acceptors (Lipinski definition) is 5. The van der Waals surface area contributed by atoms with E-state index in [9.17, 15) is 9.59 Å². The number of nitrogens with one attached hydrogen (secondary N) is 1. The summed E-state index contributed by atoms with van der Waals surface area (Å²) in [6.07, 6.45) is 1.86. The Balaban J connectivity index is 1.68. The molecule has 9 heteroatoms. The first kappa shape index (κ1) is 23.0. The molecule has 34 heavy (non-hydrogen) atoms. The Morgan fingerprint density at radius 3 is 2.50 bits per heavy atom. The molecule has 0 saturated heterocycles. The van der Waals surface area contributed by atoms with Crippen LogP contribution in [-0.2, 0) is 4.79 Å². The molecule has 1 atom stereocenters. The third-order valence-electron chi connectivity index (χ3n) is 5.35. The zero-order chi connectivity index (χ0) is 23.8. The molecule has 170 valence electrons. The molecule has 0 saturated carbocycles. The van der Waals surface area contributed by atoms with Crippen molar-refractivity contribution in [1.82, 2.24) is 4.57 Å². The van der Waals surface area contributed by atoms with Crippen molar-refractivity contribution in [1.29, 1.82) is 0 Å². The number of carbonyl (C=O) groups is 1. The van der Waals surface area contributed by atoms with E-state index in [1.807, 2.05) is 60.7 Å². The van der Waals surface area contributed by atoms with Crippen LogP contribution in [-0.4, -0.2) is 10.5 Å². The topological polar surface area (TPSA) is 63.5 Å². The van der Waals surface area contributed by atoms with Crippen LogP contribution in [0.2, 0.25) is 5.02 Å². The predicted molar refractivity (Wildman–Crippen MR) is 142 cm³/mol. The zero-order valence-corrected chi connectivity index (χ0v) is 21.8. The minimum Gasteiger partial charge on any atom is -0.322 e. The van der Waals surface area contributed by atoms with Crippen molar-refractivity contribution < 1.29 is 4.79 Å². The van der Waals surface area contributed by atoms with Gasteiger partial charge in [0.25, 0.3) is 11.5 Å². The average molecular weight is 571 g/mol. The molecular formula is C25H17BrClN3O2S2. The van der Waals surface area contributed by atoms with Gasteiger partial charge in [-0.1, -0.05) is 53.3 Å². The Labute approximate surface area is 216 Å². The van der Waals surface area contributed by atoms with Crippen molar-refractivity contribution in [3.05, 3.63) is 117 Å². The fourth-order valence-electron chi connectivity index (χ4n) is 3.83. The number of hydrogen-bond donors (Lipinski definition) is 1. The van der Waals surface area contributed by atoms with Gasteiger partial charge in [-0.2, -0.15) is 0 Å². The SMILES string of the molecule is CC1=C(C(=O)Nc2ccccc2)[C@H](c2ccc(Cl)cc2)n2c(s/c(=C/c3ccc(Br)s3)c2=O)=N1. The quantitative estimate of drug-likeness (QED) is 0.360. The molecule has 1 aliphatic rings. The summed E-state index contributed by atoms with van der Waals surface area (Å²) in [7, 11) is 0. The molecule has 2 aromatic heterocycles. The second-order valence-electron chi connectivity index (χ2n) is 7.60. The minimum absolute atomic E-state index is 0.189. The smallest absolute Gasteiger partial charge is 0.271 e. The van der Waals surface area contributed by atoms with Crippen LogP contribution in [0.5, 0.6) is 0 Å². The maximum Gasteiger partial charge on any atom is 0.271 e. The molecule has 1 amide bonds. The number of para-hydroxylation sites is 1. The van der Waals surface area contributed by atoms with Gasteiger partial charge >= 0.3 is 0 Å². The van der Waals surface area contributed by atoms with Gasteiger partial charge in [0.2, 0.25) is 0 Å². The van der Waals surface area contributed by atoms with Gasteiger partial charge in [0.1, 0.15) is 0 Å². The molecule has 3 heterocycles. The molecule has 2 aromatic carbocycles. The van der Waals surface area contributed by atoms with E-state index in [0.717, 1.165) is 14.2 Å². The number of thiophene rings is 1. The zero-order valence-electron chi connectivity index (χ0n) is 17.8. The normalized spacial score (nSPS) is 15.7. The highest BCUT2D eigenvalue weighted by atomic mass is 79.9. The molecule has 4 aromatic rings. The van der Waals surface area contributed by atoms with E-state index in [1.165, 1.54) is 11.3 Å². The number of fused-ring (bicyclic) bond motifs is 1. The molecule has 0 unspecified atom stereocenters. The maximum absolute atomic E-state index is 13.6. The monoisotopic (exact) mass is 569 g/mol. The van der Waals surface area contributed by atoms with Crippen LogP contribution in [0.25, 0.3) is 6.08 Å². The molecule has 5 nitrogen and oxygen atoms in total. The van der Waals surface area contributed by atoms with E-state index in [0.29, 0.717) is 31.3 Å². The first-order chi connectivity index (χ1) is 16.4. The lowest BCUT2D eigenvalue weighted by atomic mass is 9.95. The third-order valence-corrected chi connectivity index (χ3v) is 8.16. The summed E-state index contributed by atoms with van der Waals surface area (Å²) < 4.78 is 3.15. The van der Waals surface area contributed by atoms with Crippen LogP contribution in [0.3, 0.4) is 0 Å². The van der Waals surface area contributed by atoms with Gasteiger partial charge in [0.05, 0.1) is 25.6 Å². The summed E-state index contributed by atoms with van der Waals surface area (Å²) in [5.41, 5.74) is 2.25. The Morgan fingerprint density at radius 2 is 1.82 bits per heavy atom. The van der Waals surface area contributed by atoms with Gasteiger partial charge in [-0.15, -0.1) is 11.3 Å². The molecule has 0 fully saturated rings. The number of benzene rings is 2. The number of carbonyl (C=O) groups excluding carboxylic acids is 1. The highest BCUT2D eigenvalue weighted by molar-refractivity contribution is 9.11. The van der Waals surface area contributed by atoms with Crippen molar-refractivity contribution in [2.75, 3.05) is 5.32 Å². The van der Waals surface area contributed by atoms with Gasteiger partial charge in [0, 0.05) is 15.6 Å². The highest BCUT2D eigenvalue weighted by Gasteiger charge is 2.32. The lowest BCUT2D eigenvalue weighted by Gasteiger charge is -2.25. The van der Waals surface area contributed by atoms with Crippen LogP contribution < -0.4 is 20.2 Å². The summed E-state index contributed by atoms with van der Waals surface area (Å²) in [6.45, 7) is 1.80. The highest BCUT2D eigenvalue weighted by Crippen LogP contribution is 2.31. The van der Waals surface area contributed by atoms with Crippen LogP contribution in [0, 0.1) is 0 Å². The summed E-state index contributed by atoms with van der Waals surface area (Å²) >= 11 is 12.5. The molecule has 1 N–H and O–H groups in total. The van der Waals surface area contributed by atoms with Crippen molar-refractivity contribution in [2.45, 2.75) is 13.0 Å². The van der Waals surface area contributed by atoms with Gasteiger partial charge in [-0.05, 0) is 70.9 Å². The van der Waals surface area contributed by atoms with Crippen molar-refractivity contribution in [3.8, 4) is 0 Å². The molecule has 0 spiro atoms. The van der Waals surface area contributed by atoms with Crippen LogP contribution in [0.15, 0.2) is 91.6 Å². The van der Waals surface area contributed by atoms with E-state index in [4.69, 9.17) is 11.6 Å². The number of anilines is 1. The standard InChI is InChI=1S/C25H17BrClN3O2S2/c1-14-21(23(31)29-17-5-3-2-4-6-17)22(15-7-9-16(27)10-8-15)30-24(32)19(34-25(30)28-14)13-18-11-12-20(26)33-18/h2-13,22H,1H3,(H,29,31)/b19-13+/t22-/m0/s1. The number of aromatic nitrogens is 1. The van der Waals surface area contributed by atoms with Gasteiger partial charge in [0.15, 0.2) is 4.80 Å². The van der Waals surface area contributed by atoms with E-state index < -0.39 is 6.04 Å². The van der Waals surface area contributed by atoms with Gasteiger partial charge in [-0.3, -0.25) is 14.2 Å². The number of thiazole rings is 1. The minimum atomic E-state index is -0.630. The number of nitrogens with zero attached hydrogens (tertiary/aromatic N) is 2. The number of rotatable bonds is 4. The Bertz CT molecular complexity index is 1600. The average Bonchev–Trinajstić information content (AvgIpc) is 3.36. The summed E-state index contributed by atoms with van der Waals surface area (Å²) in [5.74, 6) is -0.302. The van der Waals surface area contributed by atoms with E-state index >= 15 is 0 Å². The summed E-state index contributed by atoms with van der Waals surface area (Å²) in [4.78, 5) is 33.2. The predicted octanol–water partition coefficient (Wildman–Crippen LogP) is 5.35. The molecular weight excluding hydrogens is 554 g/mol. The van der Waals surface area contributed by atoms with Gasteiger partial charge < -0.3 is 5.32 Å². The second-order valence-corrected chi connectivity index (χ2v) is 11.5. The lowest BCUT2D eigenvalue weighted by Crippen LogP contribution is -2.40. The first-order valence-corrected chi connectivity index (χ1v) is 13.1. The molecule has 5 rings (SSSR count). The summed E-state index contributed by atoms with van der Waals surface area (Å²) in [5, 5.41) is 3.53. The maximum atomic E-state index is 13.6. The fraction of sp³-hybridized carbons (Fsp3) is 0.0800.